The Morgan fingerprint density at radius 1 is 0.870 bits per heavy atom. The van der Waals surface area contributed by atoms with Gasteiger partial charge >= 0.3 is 0 Å². The zero-order chi connectivity index (χ0) is 16.5. The van der Waals surface area contributed by atoms with Crippen LogP contribution in [0.1, 0.15) is 37.8 Å². The Bertz CT molecular complexity index is 680. The molecule has 0 radical (unpaired) electrons. The van der Waals surface area contributed by atoms with Crippen molar-refractivity contribution in [1.29, 1.82) is 0 Å². The van der Waals surface area contributed by atoms with Crippen LogP contribution in [0, 0.1) is 5.41 Å². The summed E-state index contributed by atoms with van der Waals surface area (Å²) < 4.78 is 0. The molecule has 3 rings (SSSR count). The molecule has 0 saturated heterocycles. The standard InChI is InChI=1S/C22H28Si/c1-22(2)16-15-19(17-22)21(18-11-7-5-8-12-18)23(3,4)20-13-9-6-10-14-20/h5-15,21H,16-17H2,1-4H3. The minimum absolute atomic E-state index is 0.420. The first-order valence-corrected chi connectivity index (χ1v) is 11.8. The van der Waals surface area contributed by atoms with Crippen LogP contribution in [0.4, 0.5) is 0 Å². The van der Waals surface area contributed by atoms with E-state index < -0.39 is 8.07 Å². The van der Waals surface area contributed by atoms with Crippen LogP contribution in [0.2, 0.25) is 13.1 Å². The monoisotopic (exact) mass is 320 g/mol. The second-order valence-electron chi connectivity index (χ2n) is 8.26. The first kappa shape index (κ1) is 16.3. The fourth-order valence-corrected chi connectivity index (χ4v) is 7.66. The van der Waals surface area contributed by atoms with Gasteiger partial charge in [-0.2, -0.15) is 0 Å². The van der Waals surface area contributed by atoms with Gasteiger partial charge in [0.05, 0.1) is 8.07 Å². The molecule has 0 nitrogen and oxygen atoms in total. The van der Waals surface area contributed by atoms with Gasteiger partial charge in [-0.1, -0.05) is 104 Å². The average molecular weight is 321 g/mol. The molecule has 0 bridgehead atoms. The first-order chi connectivity index (χ1) is 10.9. The van der Waals surface area contributed by atoms with E-state index in [0.717, 1.165) is 0 Å². The highest BCUT2D eigenvalue weighted by Gasteiger charge is 2.40. The largest absolute Gasteiger partial charge is 0.0922 e. The number of rotatable bonds is 4. The Morgan fingerprint density at radius 3 is 1.96 bits per heavy atom. The number of allylic oxidation sites excluding steroid dienone is 2. The molecular weight excluding hydrogens is 292 g/mol. The Morgan fingerprint density at radius 2 is 1.43 bits per heavy atom. The summed E-state index contributed by atoms with van der Waals surface area (Å²) in [6, 6.07) is 22.4. The molecule has 0 heterocycles. The molecule has 0 N–H and O–H groups in total. The van der Waals surface area contributed by atoms with E-state index >= 15 is 0 Å². The summed E-state index contributed by atoms with van der Waals surface area (Å²) >= 11 is 0. The molecule has 1 aliphatic rings. The smallest absolute Gasteiger partial charge is 0.0844 e. The third kappa shape index (κ3) is 3.35. The topological polar surface area (TPSA) is 0 Å². The van der Waals surface area contributed by atoms with Crippen LogP contribution < -0.4 is 5.19 Å². The van der Waals surface area contributed by atoms with Gasteiger partial charge in [0.1, 0.15) is 0 Å². The summed E-state index contributed by atoms with van der Waals surface area (Å²) in [6.07, 6.45) is 4.98. The summed E-state index contributed by atoms with van der Waals surface area (Å²) in [7, 11) is -1.65. The predicted octanol–water partition coefficient (Wildman–Crippen LogP) is 5.67. The predicted molar refractivity (Wildman–Crippen MR) is 104 cm³/mol. The fourth-order valence-electron chi connectivity index (χ4n) is 4.10. The molecule has 120 valence electrons. The molecule has 23 heavy (non-hydrogen) atoms. The third-order valence-electron chi connectivity index (χ3n) is 5.34. The van der Waals surface area contributed by atoms with Crippen molar-refractivity contribution in [2.24, 2.45) is 5.41 Å². The van der Waals surface area contributed by atoms with Crippen LogP contribution >= 0.6 is 0 Å². The second-order valence-corrected chi connectivity index (χ2v) is 12.9. The lowest BCUT2D eigenvalue weighted by Crippen LogP contribution is -2.48. The molecule has 1 atom stereocenters. The summed E-state index contributed by atoms with van der Waals surface area (Å²) in [6.45, 7) is 9.86. The van der Waals surface area contributed by atoms with Gasteiger partial charge in [0.25, 0.3) is 0 Å². The SMILES string of the molecule is CC1(C)CC=C(C(c2ccccc2)[Si](C)(C)c2ccccc2)C1. The second kappa shape index (κ2) is 6.12. The lowest BCUT2D eigenvalue weighted by atomic mass is 9.88. The zero-order valence-corrected chi connectivity index (χ0v) is 15.8. The Labute approximate surface area is 142 Å². The first-order valence-electron chi connectivity index (χ1n) is 8.69. The van der Waals surface area contributed by atoms with E-state index in [1.165, 1.54) is 18.4 Å². The number of hydrogen-bond donors (Lipinski definition) is 0. The molecule has 0 saturated carbocycles. The zero-order valence-electron chi connectivity index (χ0n) is 14.8. The van der Waals surface area contributed by atoms with Gasteiger partial charge in [0.2, 0.25) is 0 Å². The van der Waals surface area contributed by atoms with Crippen LogP contribution in [0.3, 0.4) is 0 Å². The number of hydrogen-bond acceptors (Lipinski definition) is 0. The van der Waals surface area contributed by atoms with Crippen molar-refractivity contribution in [2.45, 2.75) is 45.3 Å². The highest BCUT2D eigenvalue weighted by atomic mass is 28.3. The van der Waals surface area contributed by atoms with Crippen molar-refractivity contribution >= 4 is 13.3 Å². The van der Waals surface area contributed by atoms with E-state index in [9.17, 15) is 0 Å². The Hall–Kier alpha value is -1.60. The molecule has 0 aromatic heterocycles. The highest BCUT2D eigenvalue weighted by molar-refractivity contribution is 6.91. The van der Waals surface area contributed by atoms with E-state index in [-0.39, 0.29) is 0 Å². The fraction of sp³-hybridized carbons (Fsp3) is 0.364. The maximum Gasteiger partial charge on any atom is 0.0922 e. The van der Waals surface area contributed by atoms with E-state index in [1.54, 1.807) is 10.8 Å². The van der Waals surface area contributed by atoms with Crippen LogP contribution in [-0.2, 0) is 0 Å². The van der Waals surface area contributed by atoms with Crippen LogP contribution in [0.25, 0.3) is 0 Å². The lowest BCUT2D eigenvalue weighted by molar-refractivity contribution is 0.391. The van der Waals surface area contributed by atoms with Crippen LogP contribution in [0.5, 0.6) is 0 Å². The van der Waals surface area contributed by atoms with E-state index in [0.29, 0.717) is 11.0 Å². The maximum atomic E-state index is 2.54. The van der Waals surface area contributed by atoms with Crippen molar-refractivity contribution in [1.82, 2.24) is 0 Å². The van der Waals surface area contributed by atoms with Gasteiger partial charge in [0, 0.05) is 5.54 Å². The molecule has 0 spiro atoms. The molecule has 0 fully saturated rings. The molecule has 1 aliphatic carbocycles. The normalized spacial score (nSPS) is 18.5. The van der Waals surface area contributed by atoms with Gasteiger partial charge in [-0.05, 0) is 23.8 Å². The van der Waals surface area contributed by atoms with Crippen molar-refractivity contribution in [2.75, 3.05) is 0 Å². The van der Waals surface area contributed by atoms with Gasteiger partial charge in [-0.3, -0.25) is 0 Å². The van der Waals surface area contributed by atoms with Crippen molar-refractivity contribution in [3.05, 3.63) is 77.9 Å². The minimum atomic E-state index is -1.65. The molecule has 2 aromatic rings. The molecule has 2 aromatic carbocycles. The van der Waals surface area contributed by atoms with Crippen molar-refractivity contribution in [3.63, 3.8) is 0 Å². The summed E-state index contributed by atoms with van der Waals surface area (Å²) in [5, 5.41) is 1.56. The summed E-state index contributed by atoms with van der Waals surface area (Å²) in [5.74, 6) is 0. The van der Waals surface area contributed by atoms with Gasteiger partial charge in [0.15, 0.2) is 0 Å². The highest BCUT2D eigenvalue weighted by Crippen LogP contribution is 2.45. The van der Waals surface area contributed by atoms with Crippen LogP contribution in [-0.4, -0.2) is 8.07 Å². The third-order valence-corrected chi connectivity index (χ3v) is 9.31. The van der Waals surface area contributed by atoms with Gasteiger partial charge in [-0.15, -0.1) is 0 Å². The minimum Gasteiger partial charge on any atom is -0.0844 e. The molecular formula is C22H28Si. The Balaban J connectivity index is 2.06. The van der Waals surface area contributed by atoms with Gasteiger partial charge < -0.3 is 0 Å². The molecule has 0 aliphatic heterocycles. The van der Waals surface area contributed by atoms with Gasteiger partial charge in [-0.25, -0.2) is 0 Å². The van der Waals surface area contributed by atoms with E-state index in [2.05, 4.69) is 93.7 Å². The average Bonchev–Trinajstić information content (AvgIpc) is 2.89. The molecule has 0 amide bonds. The summed E-state index contributed by atoms with van der Waals surface area (Å²) in [5.41, 5.74) is 4.16. The van der Waals surface area contributed by atoms with E-state index in [4.69, 9.17) is 0 Å². The summed E-state index contributed by atoms with van der Waals surface area (Å²) in [4.78, 5) is 0. The number of benzene rings is 2. The van der Waals surface area contributed by atoms with Crippen molar-refractivity contribution in [3.8, 4) is 0 Å². The van der Waals surface area contributed by atoms with Crippen molar-refractivity contribution < 1.29 is 0 Å². The lowest BCUT2D eigenvalue weighted by Gasteiger charge is -2.36. The molecule has 1 heteroatoms. The molecule has 1 unspecified atom stereocenters. The van der Waals surface area contributed by atoms with E-state index in [1.807, 2.05) is 0 Å². The Kier molecular flexibility index (Phi) is 4.33. The quantitative estimate of drug-likeness (QED) is 0.503. The van der Waals surface area contributed by atoms with Crippen LogP contribution in [0.15, 0.2) is 72.3 Å². The maximum absolute atomic E-state index is 2.54.